The molecule has 0 aliphatic rings. The number of nitrogens with two attached hydrogens (primary N) is 1. The van der Waals surface area contributed by atoms with Gasteiger partial charge in [0.2, 0.25) is 0 Å². The van der Waals surface area contributed by atoms with Crippen LogP contribution in [-0.4, -0.2) is 5.11 Å². The van der Waals surface area contributed by atoms with E-state index in [1.54, 1.807) is 24.3 Å². The second-order valence-corrected chi connectivity index (χ2v) is 3.73. The monoisotopic (exact) mass is 235 g/mol. The van der Waals surface area contributed by atoms with Crippen LogP contribution in [0.25, 0.3) is 0 Å². The van der Waals surface area contributed by atoms with Crippen molar-refractivity contribution in [1.82, 2.24) is 0 Å². The van der Waals surface area contributed by atoms with Gasteiger partial charge in [0.25, 0.3) is 0 Å². The molecule has 0 radical (unpaired) electrons. The molecule has 17 heavy (non-hydrogen) atoms. The normalized spacial score (nSPS) is 12.4. The molecule has 0 fully saturated rings. The minimum absolute atomic E-state index is 0.139. The summed E-state index contributed by atoms with van der Waals surface area (Å²) < 4.78 is 26.0. The molecule has 0 saturated heterocycles. The molecular formula is C13H11F2NO. The van der Waals surface area contributed by atoms with Gasteiger partial charge in [-0.1, -0.05) is 18.2 Å². The number of anilines is 1. The third kappa shape index (κ3) is 2.42. The van der Waals surface area contributed by atoms with Crippen LogP contribution >= 0.6 is 0 Å². The van der Waals surface area contributed by atoms with Crippen LogP contribution in [0, 0.1) is 11.6 Å². The summed E-state index contributed by atoms with van der Waals surface area (Å²) in [5.41, 5.74) is 6.63. The number of aliphatic hydroxyl groups excluding tert-OH is 1. The highest BCUT2D eigenvalue weighted by Gasteiger charge is 2.14. The first-order chi connectivity index (χ1) is 8.08. The van der Waals surface area contributed by atoms with Gasteiger partial charge in [0.05, 0.1) is 0 Å². The molecule has 0 heterocycles. The molecule has 3 N–H and O–H groups in total. The van der Waals surface area contributed by atoms with Crippen molar-refractivity contribution in [3.05, 3.63) is 65.2 Å². The van der Waals surface area contributed by atoms with Crippen molar-refractivity contribution in [1.29, 1.82) is 0 Å². The number of hydrogen-bond acceptors (Lipinski definition) is 2. The van der Waals surface area contributed by atoms with E-state index >= 15 is 0 Å². The molecule has 0 spiro atoms. The zero-order valence-corrected chi connectivity index (χ0v) is 8.90. The van der Waals surface area contributed by atoms with Crippen LogP contribution in [0.4, 0.5) is 14.5 Å². The van der Waals surface area contributed by atoms with Gasteiger partial charge in [0.1, 0.15) is 17.7 Å². The summed E-state index contributed by atoms with van der Waals surface area (Å²) in [4.78, 5) is 0. The molecule has 1 unspecified atom stereocenters. The number of hydrogen-bond donors (Lipinski definition) is 2. The second-order valence-electron chi connectivity index (χ2n) is 3.73. The molecule has 88 valence electrons. The molecule has 2 aromatic carbocycles. The topological polar surface area (TPSA) is 46.2 Å². The van der Waals surface area contributed by atoms with E-state index in [1.807, 2.05) is 0 Å². The molecule has 0 aliphatic heterocycles. The maximum atomic E-state index is 13.0. The van der Waals surface area contributed by atoms with E-state index < -0.39 is 17.7 Å². The fraction of sp³-hybridized carbons (Fsp3) is 0.0769. The Kier molecular flexibility index (Phi) is 3.06. The maximum absolute atomic E-state index is 13.0. The molecule has 2 rings (SSSR count). The average molecular weight is 235 g/mol. The first kappa shape index (κ1) is 11.5. The standard InChI is InChI=1S/C13H11F2NO/c14-9-5-8(6-10(15)7-9)13(17)11-3-1-2-4-12(11)16/h1-7,13,17H,16H2. The average Bonchev–Trinajstić information content (AvgIpc) is 2.27. The number of halogens is 2. The first-order valence-corrected chi connectivity index (χ1v) is 5.06. The molecule has 0 bridgehead atoms. The third-order valence-electron chi connectivity index (χ3n) is 2.49. The van der Waals surface area contributed by atoms with E-state index in [1.165, 1.54) is 0 Å². The van der Waals surface area contributed by atoms with Crippen molar-refractivity contribution in [3.8, 4) is 0 Å². The highest BCUT2D eigenvalue weighted by molar-refractivity contribution is 5.50. The van der Waals surface area contributed by atoms with Crippen LogP contribution in [0.3, 0.4) is 0 Å². The zero-order valence-electron chi connectivity index (χ0n) is 8.90. The zero-order chi connectivity index (χ0) is 12.4. The number of para-hydroxylation sites is 1. The van der Waals surface area contributed by atoms with E-state index in [2.05, 4.69) is 0 Å². The van der Waals surface area contributed by atoms with E-state index in [0.29, 0.717) is 11.3 Å². The SMILES string of the molecule is Nc1ccccc1C(O)c1cc(F)cc(F)c1. The third-order valence-corrected chi connectivity index (χ3v) is 2.49. The highest BCUT2D eigenvalue weighted by atomic mass is 19.1. The molecule has 0 aromatic heterocycles. The second kappa shape index (κ2) is 4.51. The fourth-order valence-corrected chi connectivity index (χ4v) is 1.67. The number of benzene rings is 2. The summed E-state index contributed by atoms with van der Waals surface area (Å²) in [5, 5.41) is 10.0. The van der Waals surface area contributed by atoms with E-state index in [4.69, 9.17) is 5.73 Å². The Balaban J connectivity index is 2.43. The Bertz CT molecular complexity index is 522. The smallest absolute Gasteiger partial charge is 0.126 e. The molecule has 0 amide bonds. The summed E-state index contributed by atoms with van der Waals surface area (Å²) in [7, 11) is 0. The lowest BCUT2D eigenvalue weighted by molar-refractivity contribution is 0.220. The van der Waals surface area contributed by atoms with Crippen LogP contribution in [0.15, 0.2) is 42.5 Å². The Morgan fingerprint density at radius 2 is 1.59 bits per heavy atom. The van der Waals surface area contributed by atoms with Crippen LogP contribution in [0.1, 0.15) is 17.2 Å². The largest absolute Gasteiger partial charge is 0.398 e. The van der Waals surface area contributed by atoms with Gasteiger partial charge >= 0.3 is 0 Å². The Hall–Kier alpha value is -1.94. The molecule has 0 saturated carbocycles. The predicted molar refractivity (Wildman–Crippen MR) is 61.3 cm³/mol. The maximum Gasteiger partial charge on any atom is 0.126 e. The number of nitrogen functional groups attached to an aromatic ring is 1. The summed E-state index contributed by atoms with van der Waals surface area (Å²) >= 11 is 0. The molecule has 1 atom stereocenters. The first-order valence-electron chi connectivity index (χ1n) is 5.06. The van der Waals surface area contributed by atoms with Crippen LogP contribution in [0.5, 0.6) is 0 Å². The van der Waals surface area contributed by atoms with Gasteiger partial charge in [0, 0.05) is 17.3 Å². The molecule has 2 aromatic rings. The number of rotatable bonds is 2. The minimum atomic E-state index is -1.14. The van der Waals surface area contributed by atoms with Gasteiger partial charge < -0.3 is 10.8 Å². The fourth-order valence-electron chi connectivity index (χ4n) is 1.67. The summed E-state index contributed by atoms with van der Waals surface area (Å²) in [5.74, 6) is -1.46. The highest BCUT2D eigenvalue weighted by Crippen LogP contribution is 2.27. The lowest BCUT2D eigenvalue weighted by atomic mass is 10.00. The molecule has 0 aliphatic carbocycles. The van der Waals surface area contributed by atoms with Crippen molar-refractivity contribution in [3.63, 3.8) is 0 Å². The van der Waals surface area contributed by atoms with Crippen LogP contribution in [0.2, 0.25) is 0 Å². The Morgan fingerprint density at radius 3 is 2.18 bits per heavy atom. The van der Waals surface area contributed by atoms with Crippen molar-refractivity contribution >= 4 is 5.69 Å². The number of aliphatic hydroxyl groups is 1. The van der Waals surface area contributed by atoms with Gasteiger partial charge in [-0.25, -0.2) is 8.78 Å². The Morgan fingerprint density at radius 1 is 1.00 bits per heavy atom. The van der Waals surface area contributed by atoms with Crippen LogP contribution < -0.4 is 5.73 Å². The van der Waals surface area contributed by atoms with Crippen molar-refractivity contribution in [2.75, 3.05) is 5.73 Å². The van der Waals surface area contributed by atoms with Gasteiger partial charge in [0.15, 0.2) is 0 Å². The van der Waals surface area contributed by atoms with E-state index in [9.17, 15) is 13.9 Å². The molecule has 4 heteroatoms. The van der Waals surface area contributed by atoms with E-state index in [0.717, 1.165) is 18.2 Å². The lowest BCUT2D eigenvalue weighted by Crippen LogP contribution is -2.04. The predicted octanol–water partition coefficient (Wildman–Crippen LogP) is 2.63. The Labute approximate surface area is 97.3 Å². The molecule has 2 nitrogen and oxygen atoms in total. The van der Waals surface area contributed by atoms with Crippen molar-refractivity contribution in [2.45, 2.75) is 6.10 Å². The lowest BCUT2D eigenvalue weighted by Gasteiger charge is -2.13. The van der Waals surface area contributed by atoms with Gasteiger partial charge in [-0.15, -0.1) is 0 Å². The van der Waals surface area contributed by atoms with Gasteiger partial charge in [-0.2, -0.15) is 0 Å². The summed E-state index contributed by atoms with van der Waals surface area (Å²) in [6, 6.07) is 9.57. The van der Waals surface area contributed by atoms with Gasteiger partial charge in [-0.3, -0.25) is 0 Å². The minimum Gasteiger partial charge on any atom is -0.398 e. The van der Waals surface area contributed by atoms with Crippen molar-refractivity contribution < 1.29 is 13.9 Å². The van der Waals surface area contributed by atoms with Crippen molar-refractivity contribution in [2.24, 2.45) is 0 Å². The van der Waals surface area contributed by atoms with Gasteiger partial charge in [-0.05, 0) is 23.8 Å². The van der Waals surface area contributed by atoms with Crippen LogP contribution in [-0.2, 0) is 0 Å². The summed E-state index contributed by atoms with van der Waals surface area (Å²) in [6.45, 7) is 0. The quantitative estimate of drug-likeness (QED) is 0.786. The van der Waals surface area contributed by atoms with E-state index in [-0.39, 0.29) is 5.56 Å². The molecular weight excluding hydrogens is 224 g/mol. The summed E-state index contributed by atoms with van der Waals surface area (Å²) in [6.07, 6.45) is -1.14.